The van der Waals surface area contributed by atoms with Gasteiger partial charge in [0.25, 0.3) is 0 Å². The summed E-state index contributed by atoms with van der Waals surface area (Å²) in [6, 6.07) is 0. The van der Waals surface area contributed by atoms with Crippen molar-refractivity contribution in [1.82, 2.24) is 0 Å². The highest BCUT2D eigenvalue weighted by molar-refractivity contribution is 5.03. The molecule has 0 aromatic carbocycles. The number of allylic oxidation sites excluding steroid dienone is 2. The Balaban J connectivity index is 2.15. The molecule has 0 saturated heterocycles. The lowest BCUT2D eigenvalue weighted by Gasteiger charge is -2.13. The van der Waals surface area contributed by atoms with Gasteiger partial charge in [0.05, 0.1) is 12.4 Å². The third kappa shape index (κ3) is 0.952. The van der Waals surface area contributed by atoms with Crippen LogP contribution in [0.15, 0.2) is 11.8 Å². The Kier molecular flexibility index (Phi) is 1.35. The molecule has 0 aromatic heterocycles. The van der Waals surface area contributed by atoms with Gasteiger partial charge in [-0.1, -0.05) is 0 Å². The number of rotatable bonds is 2. The summed E-state index contributed by atoms with van der Waals surface area (Å²) < 4.78 is 5.14. The fraction of sp³-hybridized carbons (Fsp3) is 0.667. The topological polar surface area (TPSA) is 9.23 Å². The first kappa shape index (κ1) is 4.69. The van der Waals surface area contributed by atoms with Crippen molar-refractivity contribution in [3.8, 4) is 0 Å². The van der Waals surface area contributed by atoms with Crippen LogP contribution in [0.5, 0.6) is 0 Å². The minimum atomic E-state index is 0.825. The fourth-order valence-corrected chi connectivity index (χ4v) is 0.579. The standard InChI is InChI=1S/C6H10O/c1-2-7-6-4-3-5-6/h4H,2-3,5H2,1H3. The Hall–Kier alpha value is -0.460. The Bertz CT molecular complexity index is 84.2. The molecule has 0 saturated carbocycles. The lowest BCUT2D eigenvalue weighted by molar-refractivity contribution is 0.205. The van der Waals surface area contributed by atoms with Crippen molar-refractivity contribution in [2.45, 2.75) is 19.8 Å². The van der Waals surface area contributed by atoms with Gasteiger partial charge in [-0.05, 0) is 19.4 Å². The summed E-state index contributed by atoms with van der Waals surface area (Å²) in [6.07, 6.45) is 4.51. The third-order valence-corrected chi connectivity index (χ3v) is 1.09. The van der Waals surface area contributed by atoms with E-state index in [0.717, 1.165) is 13.0 Å². The van der Waals surface area contributed by atoms with Gasteiger partial charge in [-0.2, -0.15) is 0 Å². The molecule has 40 valence electrons. The number of ether oxygens (including phenoxy) is 1. The van der Waals surface area contributed by atoms with Gasteiger partial charge in [-0.25, -0.2) is 0 Å². The van der Waals surface area contributed by atoms with Crippen LogP contribution in [0.25, 0.3) is 0 Å². The Morgan fingerprint density at radius 2 is 2.57 bits per heavy atom. The van der Waals surface area contributed by atoms with Crippen molar-refractivity contribution >= 4 is 0 Å². The molecule has 1 heteroatoms. The zero-order chi connectivity index (χ0) is 5.11. The summed E-state index contributed by atoms with van der Waals surface area (Å²) in [6.45, 7) is 2.84. The summed E-state index contributed by atoms with van der Waals surface area (Å²) in [5.74, 6) is 1.18. The second kappa shape index (κ2) is 2.01. The van der Waals surface area contributed by atoms with Gasteiger partial charge in [-0.3, -0.25) is 0 Å². The van der Waals surface area contributed by atoms with Crippen LogP contribution < -0.4 is 0 Å². The van der Waals surface area contributed by atoms with Crippen LogP contribution in [0.3, 0.4) is 0 Å². The average Bonchev–Trinajstić information content (AvgIpc) is 1.55. The van der Waals surface area contributed by atoms with E-state index >= 15 is 0 Å². The van der Waals surface area contributed by atoms with Crippen LogP contribution >= 0.6 is 0 Å². The van der Waals surface area contributed by atoms with Gasteiger partial charge < -0.3 is 4.74 Å². The third-order valence-electron chi connectivity index (χ3n) is 1.09. The molecule has 0 fully saturated rings. The molecule has 1 aliphatic carbocycles. The molecule has 0 amide bonds. The highest BCUT2D eigenvalue weighted by Crippen LogP contribution is 2.17. The lowest BCUT2D eigenvalue weighted by Crippen LogP contribution is -1.98. The maximum absolute atomic E-state index is 5.14. The van der Waals surface area contributed by atoms with Crippen LogP contribution in [-0.2, 0) is 4.74 Å². The van der Waals surface area contributed by atoms with Crippen LogP contribution in [-0.4, -0.2) is 6.61 Å². The lowest BCUT2D eigenvalue weighted by atomic mass is 10.1. The van der Waals surface area contributed by atoms with Gasteiger partial charge in [0.15, 0.2) is 0 Å². The van der Waals surface area contributed by atoms with E-state index in [0.29, 0.717) is 0 Å². The molecular weight excluding hydrogens is 88.1 g/mol. The molecule has 0 aliphatic heterocycles. The maximum Gasteiger partial charge on any atom is 0.0923 e. The summed E-state index contributed by atoms with van der Waals surface area (Å²) >= 11 is 0. The molecule has 0 spiro atoms. The van der Waals surface area contributed by atoms with Crippen molar-refractivity contribution < 1.29 is 4.74 Å². The first-order valence-electron chi connectivity index (χ1n) is 2.75. The van der Waals surface area contributed by atoms with E-state index in [9.17, 15) is 0 Å². The molecule has 1 rings (SSSR count). The fourth-order valence-electron chi connectivity index (χ4n) is 0.579. The van der Waals surface area contributed by atoms with Gasteiger partial charge in [0, 0.05) is 6.42 Å². The van der Waals surface area contributed by atoms with Gasteiger partial charge in [0.2, 0.25) is 0 Å². The van der Waals surface area contributed by atoms with E-state index in [1.807, 2.05) is 6.92 Å². The molecule has 0 radical (unpaired) electrons. The molecule has 0 N–H and O–H groups in total. The predicted molar refractivity (Wildman–Crippen MR) is 28.9 cm³/mol. The average molecular weight is 98.1 g/mol. The number of hydrogen-bond acceptors (Lipinski definition) is 1. The van der Waals surface area contributed by atoms with E-state index in [2.05, 4.69) is 6.08 Å². The van der Waals surface area contributed by atoms with E-state index in [4.69, 9.17) is 4.74 Å². The molecule has 0 bridgehead atoms. The second-order valence-electron chi connectivity index (χ2n) is 1.64. The molecule has 1 aliphatic rings. The zero-order valence-electron chi connectivity index (χ0n) is 4.61. The SMILES string of the molecule is CCOC1=CCC1. The molecule has 1 nitrogen and oxygen atoms in total. The molecule has 0 unspecified atom stereocenters. The van der Waals surface area contributed by atoms with Crippen LogP contribution in [0.4, 0.5) is 0 Å². The first-order valence-corrected chi connectivity index (χ1v) is 2.75. The monoisotopic (exact) mass is 98.1 g/mol. The molecule has 0 aromatic rings. The Morgan fingerprint density at radius 1 is 1.86 bits per heavy atom. The van der Waals surface area contributed by atoms with E-state index in [1.54, 1.807) is 0 Å². The van der Waals surface area contributed by atoms with Crippen LogP contribution in [0, 0.1) is 0 Å². The van der Waals surface area contributed by atoms with Crippen molar-refractivity contribution in [2.24, 2.45) is 0 Å². The van der Waals surface area contributed by atoms with Crippen LogP contribution in [0.2, 0.25) is 0 Å². The van der Waals surface area contributed by atoms with Crippen molar-refractivity contribution in [3.05, 3.63) is 11.8 Å². The van der Waals surface area contributed by atoms with E-state index < -0.39 is 0 Å². The van der Waals surface area contributed by atoms with Crippen LogP contribution in [0.1, 0.15) is 19.8 Å². The highest BCUT2D eigenvalue weighted by atomic mass is 16.5. The molecule has 0 atom stereocenters. The molecule has 0 heterocycles. The smallest absolute Gasteiger partial charge is 0.0923 e. The minimum Gasteiger partial charge on any atom is -0.499 e. The second-order valence-corrected chi connectivity index (χ2v) is 1.64. The summed E-state index contributed by atoms with van der Waals surface area (Å²) in [7, 11) is 0. The van der Waals surface area contributed by atoms with Gasteiger partial charge >= 0.3 is 0 Å². The molecular formula is C6H10O. The largest absolute Gasteiger partial charge is 0.499 e. The van der Waals surface area contributed by atoms with E-state index in [1.165, 1.54) is 12.2 Å². The highest BCUT2D eigenvalue weighted by Gasteiger charge is 2.03. The van der Waals surface area contributed by atoms with Gasteiger partial charge in [-0.15, -0.1) is 0 Å². The minimum absolute atomic E-state index is 0.825. The Labute approximate surface area is 44.0 Å². The van der Waals surface area contributed by atoms with Gasteiger partial charge in [0.1, 0.15) is 0 Å². The first-order chi connectivity index (χ1) is 3.43. The normalized spacial score (nSPS) is 17.6. The quantitative estimate of drug-likeness (QED) is 0.510. The van der Waals surface area contributed by atoms with E-state index in [-0.39, 0.29) is 0 Å². The van der Waals surface area contributed by atoms with Crippen molar-refractivity contribution in [1.29, 1.82) is 0 Å². The number of hydrogen-bond donors (Lipinski definition) is 0. The molecule has 7 heavy (non-hydrogen) atoms. The summed E-state index contributed by atoms with van der Waals surface area (Å²) in [5, 5.41) is 0. The summed E-state index contributed by atoms with van der Waals surface area (Å²) in [4.78, 5) is 0. The zero-order valence-corrected chi connectivity index (χ0v) is 4.61. The maximum atomic E-state index is 5.14. The predicted octanol–water partition coefficient (Wildman–Crippen LogP) is 1.70. The Morgan fingerprint density at radius 3 is 2.71 bits per heavy atom. The van der Waals surface area contributed by atoms with Crippen molar-refractivity contribution in [3.63, 3.8) is 0 Å². The van der Waals surface area contributed by atoms with Crippen molar-refractivity contribution in [2.75, 3.05) is 6.61 Å². The summed E-state index contributed by atoms with van der Waals surface area (Å²) in [5.41, 5.74) is 0.